The molecule has 0 saturated carbocycles. The number of fused-ring (bicyclic) bond motifs is 1. The lowest BCUT2D eigenvalue weighted by Gasteiger charge is -2.12. The molecular weight excluding hydrogens is 254 g/mol. The first-order valence-electron chi connectivity index (χ1n) is 5.71. The second-order valence-corrected chi connectivity index (χ2v) is 6.14. The molecule has 1 atom stereocenters. The molecule has 0 spiro atoms. The van der Waals surface area contributed by atoms with Crippen LogP contribution in [-0.2, 0) is 19.6 Å². The van der Waals surface area contributed by atoms with E-state index in [0.29, 0.717) is 5.56 Å². The zero-order valence-electron chi connectivity index (χ0n) is 10.2. The van der Waals surface area contributed by atoms with Gasteiger partial charge in [0.15, 0.2) is 0 Å². The Morgan fingerprint density at radius 3 is 2.72 bits per heavy atom. The van der Waals surface area contributed by atoms with Gasteiger partial charge in [0.1, 0.15) is 0 Å². The summed E-state index contributed by atoms with van der Waals surface area (Å²) < 4.78 is 31.1. The van der Waals surface area contributed by atoms with Crippen molar-refractivity contribution in [1.29, 1.82) is 0 Å². The summed E-state index contributed by atoms with van der Waals surface area (Å²) in [7, 11) is -3.49. The van der Waals surface area contributed by atoms with Crippen LogP contribution in [-0.4, -0.2) is 20.5 Å². The molecular formula is C12H15NO4S. The molecule has 6 heteroatoms. The number of sulfonamides is 1. The van der Waals surface area contributed by atoms with Gasteiger partial charge in [-0.1, -0.05) is 18.2 Å². The smallest absolute Gasteiger partial charge is 0.308 e. The standard InChI is InChI=1S/C12H15NO4S/c1-8(2)17-12(14)7-10-9-5-3-4-6-11(9)18(15,16)13-10/h3-6,8,10,13H,7H2,1-2H3/t10-/m0/s1. The second kappa shape index (κ2) is 4.70. The minimum atomic E-state index is -3.49. The Hall–Kier alpha value is -1.40. The SMILES string of the molecule is CC(C)OC(=O)C[C@@H]1NS(=O)(=O)c2ccccc21. The fourth-order valence-electron chi connectivity index (χ4n) is 1.96. The highest BCUT2D eigenvalue weighted by molar-refractivity contribution is 7.89. The lowest BCUT2D eigenvalue weighted by atomic mass is 10.1. The number of rotatable bonds is 3. The third kappa shape index (κ3) is 2.54. The van der Waals surface area contributed by atoms with Gasteiger partial charge < -0.3 is 4.74 Å². The summed E-state index contributed by atoms with van der Waals surface area (Å²) in [6.07, 6.45) is -0.195. The number of hydrogen-bond donors (Lipinski definition) is 1. The third-order valence-corrected chi connectivity index (χ3v) is 4.16. The maximum absolute atomic E-state index is 11.8. The molecule has 1 heterocycles. The van der Waals surface area contributed by atoms with E-state index in [2.05, 4.69) is 4.72 Å². The van der Waals surface area contributed by atoms with Crippen LogP contribution in [0.15, 0.2) is 29.2 Å². The molecule has 1 aliphatic rings. The van der Waals surface area contributed by atoms with E-state index in [1.54, 1.807) is 32.0 Å². The van der Waals surface area contributed by atoms with Crippen molar-refractivity contribution in [2.24, 2.45) is 0 Å². The molecule has 0 unspecified atom stereocenters. The molecule has 5 nitrogen and oxygen atoms in total. The van der Waals surface area contributed by atoms with Gasteiger partial charge in [0, 0.05) is 0 Å². The minimum Gasteiger partial charge on any atom is -0.463 e. The van der Waals surface area contributed by atoms with E-state index in [-0.39, 0.29) is 17.4 Å². The Morgan fingerprint density at radius 2 is 2.06 bits per heavy atom. The molecule has 0 radical (unpaired) electrons. The Labute approximate surface area is 106 Å². The fourth-order valence-corrected chi connectivity index (χ4v) is 3.45. The summed E-state index contributed by atoms with van der Waals surface area (Å²) in [5, 5.41) is 0. The molecule has 1 aromatic carbocycles. The van der Waals surface area contributed by atoms with Crippen LogP contribution in [0.5, 0.6) is 0 Å². The Kier molecular flexibility index (Phi) is 3.41. The summed E-state index contributed by atoms with van der Waals surface area (Å²) in [5.41, 5.74) is 0.623. The highest BCUT2D eigenvalue weighted by Crippen LogP contribution is 2.32. The van der Waals surface area contributed by atoms with Crippen molar-refractivity contribution >= 4 is 16.0 Å². The number of esters is 1. The topological polar surface area (TPSA) is 72.5 Å². The lowest BCUT2D eigenvalue weighted by Crippen LogP contribution is -2.23. The van der Waals surface area contributed by atoms with Crippen molar-refractivity contribution in [2.75, 3.05) is 0 Å². The number of nitrogens with one attached hydrogen (secondary N) is 1. The van der Waals surface area contributed by atoms with Gasteiger partial charge in [-0.2, -0.15) is 0 Å². The Balaban J connectivity index is 2.21. The predicted molar refractivity (Wildman–Crippen MR) is 65.3 cm³/mol. The molecule has 0 fully saturated rings. The summed E-state index contributed by atoms with van der Waals surface area (Å²) >= 11 is 0. The lowest BCUT2D eigenvalue weighted by molar-refractivity contribution is -0.147. The molecule has 1 aromatic rings. The number of carbonyl (C=O) groups excluding carboxylic acids is 1. The van der Waals surface area contributed by atoms with E-state index < -0.39 is 22.0 Å². The van der Waals surface area contributed by atoms with E-state index in [1.165, 1.54) is 6.07 Å². The molecule has 0 saturated heterocycles. The number of benzene rings is 1. The van der Waals surface area contributed by atoms with Crippen LogP contribution in [0.4, 0.5) is 0 Å². The van der Waals surface area contributed by atoms with Gasteiger partial charge >= 0.3 is 5.97 Å². The molecule has 2 rings (SSSR count). The second-order valence-electron chi connectivity index (χ2n) is 4.45. The van der Waals surface area contributed by atoms with Gasteiger partial charge in [-0.05, 0) is 25.5 Å². The largest absolute Gasteiger partial charge is 0.463 e. The van der Waals surface area contributed by atoms with E-state index >= 15 is 0 Å². The zero-order valence-corrected chi connectivity index (χ0v) is 11.0. The highest BCUT2D eigenvalue weighted by atomic mass is 32.2. The third-order valence-electron chi connectivity index (χ3n) is 2.62. The Bertz CT molecular complexity index is 565. The predicted octanol–water partition coefficient (Wildman–Crippen LogP) is 1.36. The highest BCUT2D eigenvalue weighted by Gasteiger charge is 2.35. The van der Waals surface area contributed by atoms with Crippen LogP contribution in [0, 0.1) is 0 Å². The molecule has 0 bridgehead atoms. The molecule has 98 valence electrons. The molecule has 0 aromatic heterocycles. The first-order valence-corrected chi connectivity index (χ1v) is 7.19. The van der Waals surface area contributed by atoms with Crippen molar-refractivity contribution in [1.82, 2.24) is 4.72 Å². The number of hydrogen-bond acceptors (Lipinski definition) is 4. The number of carbonyl (C=O) groups is 1. The normalized spacial score (nSPS) is 20.7. The average molecular weight is 269 g/mol. The van der Waals surface area contributed by atoms with Crippen LogP contribution < -0.4 is 4.72 Å². The molecule has 0 aliphatic carbocycles. The van der Waals surface area contributed by atoms with Crippen molar-refractivity contribution in [3.8, 4) is 0 Å². The minimum absolute atomic E-state index is 0.00836. The van der Waals surface area contributed by atoms with Crippen LogP contribution in [0.1, 0.15) is 31.9 Å². The quantitative estimate of drug-likeness (QED) is 0.841. The fraction of sp³-hybridized carbons (Fsp3) is 0.417. The molecule has 1 N–H and O–H groups in total. The first kappa shape index (κ1) is 13.0. The summed E-state index contributed by atoms with van der Waals surface area (Å²) in [6.45, 7) is 3.51. The maximum Gasteiger partial charge on any atom is 0.308 e. The van der Waals surface area contributed by atoms with Crippen LogP contribution in [0.3, 0.4) is 0 Å². The molecule has 0 amide bonds. The summed E-state index contributed by atoms with van der Waals surface area (Å²) in [4.78, 5) is 11.8. The van der Waals surface area contributed by atoms with E-state index in [1.807, 2.05) is 0 Å². The van der Waals surface area contributed by atoms with Crippen LogP contribution >= 0.6 is 0 Å². The van der Waals surface area contributed by atoms with Crippen molar-refractivity contribution in [3.63, 3.8) is 0 Å². The van der Waals surface area contributed by atoms with E-state index in [4.69, 9.17) is 4.74 Å². The van der Waals surface area contributed by atoms with Crippen molar-refractivity contribution < 1.29 is 17.9 Å². The van der Waals surface area contributed by atoms with Crippen LogP contribution in [0.25, 0.3) is 0 Å². The van der Waals surface area contributed by atoms with E-state index in [0.717, 1.165) is 0 Å². The molecule has 1 aliphatic heterocycles. The van der Waals surface area contributed by atoms with Gasteiger partial charge in [0.25, 0.3) is 0 Å². The van der Waals surface area contributed by atoms with Gasteiger partial charge in [-0.15, -0.1) is 0 Å². The molecule has 18 heavy (non-hydrogen) atoms. The van der Waals surface area contributed by atoms with Gasteiger partial charge in [-0.3, -0.25) is 4.79 Å². The first-order chi connectivity index (χ1) is 8.40. The monoisotopic (exact) mass is 269 g/mol. The summed E-state index contributed by atoms with van der Waals surface area (Å²) in [5.74, 6) is -0.408. The maximum atomic E-state index is 11.8. The zero-order chi connectivity index (χ0) is 13.3. The summed E-state index contributed by atoms with van der Waals surface area (Å²) in [6, 6.07) is 6.12. The number of ether oxygens (including phenoxy) is 1. The van der Waals surface area contributed by atoms with Gasteiger partial charge in [0.2, 0.25) is 10.0 Å². The van der Waals surface area contributed by atoms with Crippen molar-refractivity contribution in [3.05, 3.63) is 29.8 Å². The van der Waals surface area contributed by atoms with E-state index in [9.17, 15) is 13.2 Å². The van der Waals surface area contributed by atoms with Crippen molar-refractivity contribution in [2.45, 2.75) is 37.3 Å². The average Bonchev–Trinajstić information content (AvgIpc) is 2.50. The van der Waals surface area contributed by atoms with Crippen LogP contribution in [0.2, 0.25) is 0 Å². The van der Waals surface area contributed by atoms with Gasteiger partial charge in [-0.25, -0.2) is 13.1 Å². The van der Waals surface area contributed by atoms with Gasteiger partial charge in [0.05, 0.1) is 23.5 Å². The Morgan fingerprint density at radius 1 is 1.39 bits per heavy atom.